The monoisotopic (exact) mass is 497 g/mol. The van der Waals surface area contributed by atoms with Crippen LogP contribution in [0.1, 0.15) is 30.7 Å². The number of benzene rings is 1. The maximum Gasteiger partial charge on any atom is 0.416 e. The molecule has 2 rings (SSSR count). The van der Waals surface area contributed by atoms with Gasteiger partial charge in [0.25, 0.3) is 0 Å². The molecule has 0 fully saturated rings. The molecule has 1 atom stereocenters. The van der Waals surface area contributed by atoms with E-state index in [4.69, 9.17) is 4.42 Å². The zero-order valence-corrected chi connectivity index (χ0v) is 17.3. The van der Waals surface area contributed by atoms with E-state index < -0.39 is 17.3 Å². The molecule has 2 aromatic rings. The Balaban J connectivity index is 0.00000364. The van der Waals surface area contributed by atoms with Gasteiger partial charge in [0.1, 0.15) is 11.4 Å². The van der Waals surface area contributed by atoms with Crippen molar-refractivity contribution in [3.8, 4) is 0 Å². The summed E-state index contributed by atoms with van der Waals surface area (Å²) in [5.41, 5.74) is -1.52. The first kappa shape index (κ1) is 23.3. The van der Waals surface area contributed by atoms with Crippen LogP contribution in [0.5, 0.6) is 0 Å². The first-order valence-corrected chi connectivity index (χ1v) is 8.17. The van der Waals surface area contributed by atoms with E-state index in [1.54, 1.807) is 25.1 Å². The Kier molecular flexibility index (Phi) is 8.60. The number of aliphatic imine (C=N–C) groups is 1. The SMILES string of the molecule is CCNC(=NCc1cccc(C(F)(F)F)c1)NCC(C)(O)c1ccco1.I. The van der Waals surface area contributed by atoms with Crippen molar-refractivity contribution < 1.29 is 22.7 Å². The summed E-state index contributed by atoms with van der Waals surface area (Å²) in [6.07, 6.45) is -2.92. The molecule has 1 aromatic carbocycles. The molecule has 3 N–H and O–H groups in total. The highest BCUT2D eigenvalue weighted by Gasteiger charge is 2.30. The van der Waals surface area contributed by atoms with Crippen LogP contribution in [0, 0.1) is 0 Å². The summed E-state index contributed by atoms with van der Waals surface area (Å²) >= 11 is 0. The lowest BCUT2D eigenvalue weighted by Gasteiger charge is -2.22. The molecule has 150 valence electrons. The minimum Gasteiger partial charge on any atom is -0.466 e. The zero-order chi connectivity index (χ0) is 19.2. The molecule has 1 heterocycles. The normalized spacial score (nSPS) is 14.2. The smallest absolute Gasteiger partial charge is 0.416 e. The summed E-state index contributed by atoms with van der Waals surface area (Å²) in [6.45, 7) is 4.22. The Morgan fingerprint density at radius 1 is 1.19 bits per heavy atom. The topological polar surface area (TPSA) is 69.8 Å². The van der Waals surface area contributed by atoms with Gasteiger partial charge in [-0.2, -0.15) is 13.2 Å². The van der Waals surface area contributed by atoms with Crippen LogP contribution in [-0.2, 0) is 18.3 Å². The maximum atomic E-state index is 12.8. The summed E-state index contributed by atoms with van der Waals surface area (Å²) in [7, 11) is 0. The average Bonchev–Trinajstić information content (AvgIpc) is 3.12. The van der Waals surface area contributed by atoms with Crippen molar-refractivity contribution in [3.05, 3.63) is 59.5 Å². The molecule has 1 unspecified atom stereocenters. The van der Waals surface area contributed by atoms with E-state index in [9.17, 15) is 18.3 Å². The van der Waals surface area contributed by atoms with Gasteiger partial charge < -0.3 is 20.2 Å². The summed E-state index contributed by atoms with van der Waals surface area (Å²) in [5.74, 6) is 0.787. The van der Waals surface area contributed by atoms with Gasteiger partial charge in [-0.3, -0.25) is 0 Å². The Hall–Kier alpha value is -1.75. The van der Waals surface area contributed by atoms with Crippen LogP contribution < -0.4 is 10.6 Å². The van der Waals surface area contributed by atoms with Crippen LogP contribution in [0.15, 0.2) is 52.1 Å². The predicted octanol–water partition coefficient (Wildman–Crippen LogP) is 3.88. The van der Waals surface area contributed by atoms with Crippen LogP contribution in [-0.4, -0.2) is 24.2 Å². The van der Waals surface area contributed by atoms with Gasteiger partial charge in [-0.25, -0.2) is 4.99 Å². The Labute approximate surface area is 173 Å². The molecular weight excluding hydrogens is 474 g/mol. The lowest BCUT2D eigenvalue weighted by atomic mass is 10.0. The van der Waals surface area contributed by atoms with E-state index >= 15 is 0 Å². The fraction of sp³-hybridized carbons (Fsp3) is 0.389. The molecule has 0 saturated heterocycles. The molecule has 5 nitrogen and oxygen atoms in total. The van der Waals surface area contributed by atoms with E-state index in [0.29, 0.717) is 23.8 Å². The number of rotatable bonds is 6. The minimum atomic E-state index is -4.38. The maximum absolute atomic E-state index is 12.8. The van der Waals surface area contributed by atoms with Crippen molar-refractivity contribution in [2.75, 3.05) is 13.1 Å². The highest BCUT2D eigenvalue weighted by molar-refractivity contribution is 14.0. The van der Waals surface area contributed by atoms with Crippen LogP contribution in [0.4, 0.5) is 13.2 Å². The van der Waals surface area contributed by atoms with Crippen molar-refractivity contribution in [1.82, 2.24) is 10.6 Å². The highest BCUT2D eigenvalue weighted by atomic mass is 127. The molecule has 0 amide bonds. The third-order valence-corrected chi connectivity index (χ3v) is 3.67. The number of alkyl halides is 3. The molecule has 0 saturated carbocycles. The van der Waals surface area contributed by atoms with E-state index in [-0.39, 0.29) is 37.1 Å². The molecule has 1 aromatic heterocycles. The van der Waals surface area contributed by atoms with Crippen molar-refractivity contribution in [2.24, 2.45) is 4.99 Å². The second-order valence-corrected chi connectivity index (χ2v) is 6.00. The summed E-state index contributed by atoms with van der Waals surface area (Å²) in [4.78, 5) is 4.28. The lowest BCUT2D eigenvalue weighted by Crippen LogP contribution is -2.44. The van der Waals surface area contributed by atoms with Crippen molar-refractivity contribution in [1.29, 1.82) is 0 Å². The predicted molar refractivity (Wildman–Crippen MR) is 108 cm³/mol. The van der Waals surface area contributed by atoms with Gasteiger partial charge in [-0.1, -0.05) is 12.1 Å². The molecule has 0 radical (unpaired) electrons. The second-order valence-electron chi connectivity index (χ2n) is 6.00. The number of furan rings is 1. The number of nitrogens with zero attached hydrogens (tertiary/aromatic N) is 1. The molecule has 0 aliphatic rings. The fourth-order valence-electron chi connectivity index (χ4n) is 2.29. The molecule has 0 aliphatic heterocycles. The Morgan fingerprint density at radius 2 is 1.93 bits per heavy atom. The van der Waals surface area contributed by atoms with Crippen molar-refractivity contribution in [3.63, 3.8) is 0 Å². The number of hydrogen-bond acceptors (Lipinski definition) is 3. The van der Waals surface area contributed by atoms with Crippen LogP contribution >= 0.6 is 24.0 Å². The van der Waals surface area contributed by atoms with E-state index in [0.717, 1.165) is 12.1 Å². The molecule has 0 bridgehead atoms. The molecule has 9 heteroatoms. The summed E-state index contributed by atoms with van der Waals surface area (Å²) < 4.78 is 43.5. The zero-order valence-electron chi connectivity index (χ0n) is 15.0. The van der Waals surface area contributed by atoms with Crippen LogP contribution in [0.25, 0.3) is 0 Å². The van der Waals surface area contributed by atoms with Gasteiger partial charge >= 0.3 is 6.18 Å². The van der Waals surface area contributed by atoms with E-state index in [1.165, 1.54) is 12.3 Å². The van der Waals surface area contributed by atoms with Crippen LogP contribution in [0.2, 0.25) is 0 Å². The number of nitrogens with one attached hydrogen (secondary N) is 2. The lowest BCUT2D eigenvalue weighted by molar-refractivity contribution is -0.137. The highest BCUT2D eigenvalue weighted by Crippen LogP contribution is 2.29. The first-order chi connectivity index (χ1) is 12.2. The molecule has 0 spiro atoms. The van der Waals surface area contributed by atoms with Gasteiger partial charge in [-0.05, 0) is 43.7 Å². The third-order valence-electron chi connectivity index (χ3n) is 3.67. The van der Waals surface area contributed by atoms with E-state index in [1.807, 2.05) is 6.92 Å². The Bertz CT molecular complexity index is 732. The Morgan fingerprint density at radius 3 is 2.52 bits per heavy atom. The third kappa shape index (κ3) is 7.06. The average molecular weight is 497 g/mol. The summed E-state index contributed by atoms with van der Waals surface area (Å²) in [5, 5.41) is 16.4. The van der Waals surface area contributed by atoms with Gasteiger partial charge in [-0.15, -0.1) is 24.0 Å². The van der Waals surface area contributed by atoms with Gasteiger partial charge in [0.15, 0.2) is 5.96 Å². The first-order valence-electron chi connectivity index (χ1n) is 8.17. The number of guanidine groups is 1. The van der Waals surface area contributed by atoms with E-state index in [2.05, 4.69) is 15.6 Å². The molecule has 27 heavy (non-hydrogen) atoms. The van der Waals surface area contributed by atoms with Gasteiger partial charge in [0.2, 0.25) is 0 Å². The summed E-state index contributed by atoms with van der Waals surface area (Å²) in [6, 6.07) is 8.38. The fourth-order valence-corrected chi connectivity index (χ4v) is 2.29. The molecule has 0 aliphatic carbocycles. The number of hydrogen-bond donors (Lipinski definition) is 3. The van der Waals surface area contributed by atoms with Gasteiger partial charge in [0, 0.05) is 6.54 Å². The van der Waals surface area contributed by atoms with Crippen LogP contribution in [0.3, 0.4) is 0 Å². The van der Waals surface area contributed by atoms with Crippen molar-refractivity contribution in [2.45, 2.75) is 32.2 Å². The minimum absolute atomic E-state index is 0. The number of halogens is 4. The van der Waals surface area contributed by atoms with Crippen molar-refractivity contribution >= 4 is 29.9 Å². The quantitative estimate of drug-likeness (QED) is 0.322. The molecular formula is C18H23F3IN3O2. The second kappa shape index (κ2) is 9.98. The van der Waals surface area contributed by atoms with Gasteiger partial charge in [0.05, 0.1) is 24.9 Å². The largest absolute Gasteiger partial charge is 0.466 e. The standard InChI is InChI=1S/C18H22F3N3O2.HI/c1-3-22-16(24-12-17(2,25)15-8-5-9-26-15)23-11-13-6-4-7-14(10-13)18(19,20)21;/h4-10,25H,3,11-12H2,1-2H3,(H2,22,23,24);1H. The number of aliphatic hydroxyl groups is 1.